The van der Waals surface area contributed by atoms with E-state index in [0.717, 1.165) is 28.8 Å². The van der Waals surface area contributed by atoms with Crippen LogP contribution in [-0.4, -0.2) is 10.9 Å². The molecule has 1 aromatic carbocycles. The highest BCUT2D eigenvalue weighted by molar-refractivity contribution is 5.77. The second kappa shape index (κ2) is 5.02. The Balaban J connectivity index is 2.68. The number of benzene rings is 1. The minimum atomic E-state index is 0.480. The highest BCUT2D eigenvalue weighted by Gasteiger charge is 2.11. The van der Waals surface area contributed by atoms with Gasteiger partial charge in [-0.05, 0) is 42.3 Å². The molecule has 2 N–H and O–H groups in total. The summed E-state index contributed by atoms with van der Waals surface area (Å²) in [4.78, 5) is 11.2. The molecule has 0 amide bonds. The Kier molecular flexibility index (Phi) is 3.44. The number of carbonyl (C=O) groups excluding carboxylic acids is 1. The van der Waals surface area contributed by atoms with Crippen LogP contribution in [0.3, 0.4) is 0 Å². The van der Waals surface area contributed by atoms with Gasteiger partial charge in [-0.15, -0.1) is 0 Å². The normalized spacial score (nSPS) is 10.3. The van der Waals surface area contributed by atoms with E-state index >= 15 is 0 Å². The highest BCUT2D eigenvalue weighted by atomic mass is 16.1. The van der Waals surface area contributed by atoms with Gasteiger partial charge < -0.3 is 10.3 Å². The predicted molar refractivity (Wildman–Crippen MR) is 73.9 cm³/mol. The molecule has 0 aliphatic heterocycles. The van der Waals surface area contributed by atoms with Gasteiger partial charge in [-0.1, -0.05) is 18.7 Å². The lowest BCUT2D eigenvalue weighted by atomic mass is 10.2. The molecule has 0 radical (unpaired) electrons. The number of nitrogens with two attached hydrogens (primary N) is 1. The Hall–Kier alpha value is -2.13. The molecule has 0 bridgehead atoms. The zero-order valence-corrected chi connectivity index (χ0v) is 10.4. The second-order valence-electron chi connectivity index (χ2n) is 4.17. The predicted octanol–water partition coefficient (Wildman–Crippen LogP) is 2.70. The molecule has 3 nitrogen and oxygen atoms in total. The molecule has 0 atom stereocenters. The zero-order chi connectivity index (χ0) is 13.1. The Labute approximate surface area is 107 Å². The van der Waals surface area contributed by atoms with Crippen LogP contribution in [0.25, 0.3) is 11.8 Å². The van der Waals surface area contributed by atoms with E-state index in [1.54, 1.807) is 6.08 Å². The summed E-state index contributed by atoms with van der Waals surface area (Å²) in [6.07, 6.45) is 2.62. The van der Waals surface area contributed by atoms with Gasteiger partial charge in [0.15, 0.2) is 6.29 Å². The molecule has 3 heteroatoms. The molecule has 0 unspecified atom stereocenters. The Morgan fingerprint density at radius 2 is 2.17 bits per heavy atom. The minimum absolute atomic E-state index is 0.480. The van der Waals surface area contributed by atoms with Crippen molar-refractivity contribution in [3.05, 3.63) is 59.4 Å². The number of aromatic nitrogens is 1. The molecular weight excluding hydrogens is 224 g/mol. The van der Waals surface area contributed by atoms with Crippen LogP contribution in [0.1, 0.15) is 27.3 Å². The Bertz CT molecular complexity index is 597. The molecule has 2 rings (SSSR count). The highest BCUT2D eigenvalue weighted by Crippen LogP contribution is 2.22. The molecule has 0 aliphatic carbocycles. The van der Waals surface area contributed by atoms with Crippen LogP contribution in [0.5, 0.6) is 0 Å². The van der Waals surface area contributed by atoms with E-state index in [2.05, 4.69) is 6.58 Å². The number of hydrogen-bond donors (Lipinski definition) is 1. The number of rotatable bonds is 4. The standard InChI is InChI=1S/C15H16N2O/c1-3-15-11(2)7-14(10-18)17(15)13-6-4-5-12(8-13)9-16/h3-8,10H,1,9,16H2,2H3. The van der Waals surface area contributed by atoms with Crippen LogP contribution in [0.15, 0.2) is 36.9 Å². The van der Waals surface area contributed by atoms with E-state index in [0.29, 0.717) is 12.2 Å². The maximum Gasteiger partial charge on any atom is 0.166 e. The molecule has 1 aromatic heterocycles. The van der Waals surface area contributed by atoms with Crippen molar-refractivity contribution in [1.82, 2.24) is 4.57 Å². The van der Waals surface area contributed by atoms with Crippen LogP contribution in [0.4, 0.5) is 0 Å². The van der Waals surface area contributed by atoms with E-state index < -0.39 is 0 Å². The monoisotopic (exact) mass is 240 g/mol. The lowest BCUT2D eigenvalue weighted by Crippen LogP contribution is -2.03. The van der Waals surface area contributed by atoms with Crippen molar-refractivity contribution >= 4 is 12.4 Å². The third-order valence-electron chi connectivity index (χ3n) is 2.99. The number of hydrogen-bond acceptors (Lipinski definition) is 2. The molecular formula is C15H16N2O. The number of aryl methyl sites for hydroxylation is 1. The first kappa shape index (κ1) is 12.3. The van der Waals surface area contributed by atoms with Crippen molar-refractivity contribution in [2.75, 3.05) is 0 Å². The van der Waals surface area contributed by atoms with E-state index in [1.165, 1.54) is 0 Å². The maximum atomic E-state index is 11.2. The van der Waals surface area contributed by atoms with Gasteiger partial charge in [0, 0.05) is 17.9 Å². The van der Waals surface area contributed by atoms with Gasteiger partial charge in [0.05, 0.1) is 5.69 Å². The fraction of sp³-hybridized carbons (Fsp3) is 0.133. The van der Waals surface area contributed by atoms with E-state index in [1.807, 2.05) is 41.8 Å². The molecule has 18 heavy (non-hydrogen) atoms. The van der Waals surface area contributed by atoms with E-state index in [-0.39, 0.29) is 0 Å². The molecule has 1 heterocycles. The summed E-state index contributed by atoms with van der Waals surface area (Å²) in [7, 11) is 0. The molecule has 2 aromatic rings. The lowest BCUT2D eigenvalue weighted by molar-refractivity contribution is 0.111. The van der Waals surface area contributed by atoms with Crippen molar-refractivity contribution in [2.24, 2.45) is 5.73 Å². The summed E-state index contributed by atoms with van der Waals surface area (Å²) in [6.45, 7) is 6.25. The van der Waals surface area contributed by atoms with Crippen LogP contribution in [0.2, 0.25) is 0 Å². The van der Waals surface area contributed by atoms with Crippen molar-refractivity contribution in [3.8, 4) is 5.69 Å². The van der Waals surface area contributed by atoms with Gasteiger partial charge in [0.25, 0.3) is 0 Å². The van der Waals surface area contributed by atoms with Gasteiger partial charge >= 0.3 is 0 Å². The van der Waals surface area contributed by atoms with Gasteiger partial charge in [0.2, 0.25) is 0 Å². The number of carbonyl (C=O) groups is 1. The molecule has 0 fully saturated rings. The van der Waals surface area contributed by atoms with E-state index in [9.17, 15) is 4.79 Å². The fourth-order valence-electron chi connectivity index (χ4n) is 2.13. The van der Waals surface area contributed by atoms with Crippen LogP contribution in [0, 0.1) is 6.92 Å². The molecule has 0 aliphatic rings. The van der Waals surface area contributed by atoms with Crippen molar-refractivity contribution in [3.63, 3.8) is 0 Å². The lowest BCUT2D eigenvalue weighted by Gasteiger charge is -2.10. The summed E-state index contributed by atoms with van der Waals surface area (Å²) in [5.74, 6) is 0. The molecule has 0 spiro atoms. The summed E-state index contributed by atoms with van der Waals surface area (Å²) in [6, 6.07) is 9.71. The summed E-state index contributed by atoms with van der Waals surface area (Å²) in [5, 5.41) is 0. The quantitative estimate of drug-likeness (QED) is 0.835. The summed E-state index contributed by atoms with van der Waals surface area (Å²) in [5.41, 5.74) is 10.2. The van der Waals surface area contributed by atoms with Gasteiger partial charge in [-0.25, -0.2) is 0 Å². The summed E-state index contributed by atoms with van der Waals surface area (Å²) < 4.78 is 1.90. The number of aldehydes is 1. The largest absolute Gasteiger partial charge is 0.326 e. The average molecular weight is 240 g/mol. The van der Waals surface area contributed by atoms with Gasteiger partial charge in [0.1, 0.15) is 0 Å². The minimum Gasteiger partial charge on any atom is -0.326 e. The van der Waals surface area contributed by atoms with Crippen molar-refractivity contribution < 1.29 is 4.79 Å². The van der Waals surface area contributed by atoms with Crippen LogP contribution >= 0.6 is 0 Å². The third-order valence-corrected chi connectivity index (χ3v) is 2.99. The molecule has 92 valence electrons. The topological polar surface area (TPSA) is 48.0 Å². The Morgan fingerprint density at radius 1 is 1.39 bits per heavy atom. The average Bonchev–Trinajstić information content (AvgIpc) is 2.74. The first-order chi connectivity index (χ1) is 8.71. The smallest absolute Gasteiger partial charge is 0.166 e. The third kappa shape index (κ3) is 2.00. The van der Waals surface area contributed by atoms with E-state index in [4.69, 9.17) is 5.73 Å². The first-order valence-electron chi connectivity index (χ1n) is 5.80. The fourth-order valence-corrected chi connectivity index (χ4v) is 2.13. The van der Waals surface area contributed by atoms with Crippen molar-refractivity contribution in [2.45, 2.75) is 13.5 Å². The first-order valence-corrected chi connectivity index (χ1v) is 5.80. The summed E-state index contributed by atoms with van der Waals surface area (Å²) >= 11 is 0. The second-order valence-corrected chi connectivity index (χ2v) is 4.17. The van der Waals surface area contributed by atoms with Gasteiger partial charge in [-0.3, -0.25) is 4.79 Å². The molecule has 0 saturated carbocycles. The van der Waals surface area contributed by atoms with Crippen LogP contribution < -0.4 is 5.73 Å². The maximum absolute atomic E-state index is 11.2. The number of nitrogens with zero attached hydrogens (tertiary/aromatic N) is 1. The Morgan fingerprint density at radius 3 is 2.78 bits per heavy atom. The van der Waals surface area contributed by atoms with Crippen LogP contribution in [-0.2, 0) is 6.54 Å². The SMILES string of the molecule is C=Cc1c(C)cc(C=O)n1-c1cccc(CN)c1. The zero-order valence-electron chi connectivity index (χ0n) is 10.4. The van der Waals surface area contributed by atoms with Crippen molar-refractivity contribution in [1.29, 1.82) is 0 Å². The molecule has 0 saturated heterocycles. The van der Waals surface area contributed by atoms with Gasteiger partial charge in [-0.2, -0.15) is 0 Å².